The van der Waals surface area contributed by atoms with Crippen LogP contribution in [0.5, 0.6) is 0 Å². The van der Waals surface area contributed by atoms with Gasteiger partial charge in [0.2, 0.25) is 0 Å². The molecule has 17 heavy (non-hydrogen) atoms. The van der Waals surface area contributed by atoms with E-state index in [-0.39, 0.29) is 18.9 Å². The number of hydrogen-bond acceptors (Lipinski definition) is 3. The van der Waals surface area contributed by atoms with Gasteiger partial charge >= 0.3 is 11.9 Å². The SMILES string of the molecule is C#CCC(CC=C)(C(=O)O)C(=O)OC(C)CC. The summed E-state index contributed by atoms with van der Waals surface area (Å²) < 4.78 is 5.07. The third kappa shape index (κ3) is 3.63. The van der Waals surface area contributed by atoms with Crippen molar-refractivity contribution in [2.75, 3.05) is 0 Å². The van der Waals surface area contributed by atoms with Gasteiger partial charge < -0.3 is 9.84 Å². The van der Waals surface area contributed by atoms with Crippen molar-refractivity contribution in [2.24, 2.45) is 5.41 Å². The van der Waals surface area contributed by atoms with Crippen molar-refractivity contribution in [3.63, 3.8) is 0 Å². The molecule has 0 aromatic heterocycles. The van der Waals surface area contributed by atoms with Crippen LogP contribution in [-0.4, -0.2) is 23.1 Å². The molecule has 0 aromatic rings. The first-order valence-electron chi connectivity index (χ1n) is 5.43. The molecule has 0 saturated carbocycles. The second-order valence-electron chi connectivity index (χ2n) is 3.89. The van der Waals surface area contributed by atoms with E-state index in [1.165, 1.54) is 6.08 Å². The second kappa shape index (κ2) is 6.74. The molecule has 0 aliphatic heterocycles. The van der Waals surface area contributed by atoms with Crippen molar-refractivity contribution in [3.8, 4) is 12.3 Å². The molecule has 0 fully saturated rings. The van der Waals surface area contributed by atoms with Crippen LogP contribution in [0.1, 0.15) is 33.1 Å². The maximum absolute atomic E-state index is 11.9. The van der Waals surface area contributed by atoms with Crippen LogP contribution in [0.25, 0.3) is 0 Å². The Labute approximate surface area is 102 Å². The highest BCUT2D eigenvalue weighted by Crippen LogP contribution is 2.30. The fraction of sp³-hybridized carbons (Fsp3) is 0.538. The lowest BCUT2D eigenvalue weighted by molar-refractivity contribution is -0.171. The van der Waals surface area contributed by atoms with Gasteiger partial charge in [-0.2, -0.15) is 0 Å². The summed E-state index contributed by atoms with van der Waals surface area (Å²) in [5.41, 5.74) is -1.71. The van der Waals surface area contributed by atoms with E-state index in [4.69, 9.17) is 11.2 Å². The molecule has 0 radical (unpaired) electrons. The molecule has 0 amide bonds. The molecule has 4 nitrogen and oxygen atoms in total. The summed E-state index contributed by atoms with van der Waals surface area (Å²) in [7, 11) is 0. The molecule has 0 aliphatic carbocycles. The largest absolute Gasteiger partial charge is 0.480 e. The van der Waals surface area contributed by atoms with E-state index < -0.39 is 17.4 Å². The molecule has 2 atom stereocenters. The maximum atomic E-state index is 11.9. The minimum Gasteiger partial charge on any atom is -0.480 e. The molecule has 1 N–H and O–H groups in total. The Kier molecular flexibility index (Phi) is 6.05. The molecule has 0 rings (SSSR count). The normalized spacial score (nSPS) is 15.1. The van der Waals surface area contributed by atoms with E-state index in [0.717, 1.165) is 0 Å². The standard InChI is InChI=1S/C13H18O4/c1-5-8-13(9-6-2,11(14)15)12(16)17-10(4)7-3/h1,6,10H,2,7-9H2,3-4H3,(H,14,15). The first-order valence-corrected chi connectivity index (χ1v) is 5.43. The van der Waals surface area contributed by atoms with Gasteiger partial charge in [0.05, 0.1) is 6.10 Å². The number of aliphatic carboxylic acids is 1. The van der Waals surface area contributed by atoms with Gasteiger partial charge in [-0.15, -0.1) is 18.9 Å². The minimum atomic E-state index is -1.71. The number of terminal acetylenes is 1. The van der Waals surface area contributed by atoms with Crippen LogP contribution in [0.4, 0.5) is 0 Å². The van der Waals surface area contributed by atoms with E-state index in [9.17, 15) is 14.7 Å². The monoisotopic (exact) mass is 238 g/mol. The predicted octanol–water partition coefficient (Wildman–Crippen LogP) is 2.00. The summed E-state index contributed by atoms with van der Waals surface area (Å²) in [5, 5.41) is 9.20. The second-order valence-corrected chi connectivity index (χ2v) is 3.89. The number of carbonyl (C=O) groups excluding carboxylic acids is 1. The minimum absolute atomic E-state index is 0.0399. The highest BCUT2D eigenvalue weighted by Gasteiger charge is 2.46. The first-order chi connectivity index (χ1) is 7.94. The predicted molar refractivity (Wildman–Crippen MR) is 64.2 cm³/mol. The Hall–Kier alpha value is -1.76. The van der Waals surface area contributed by atoms with Crippen LogP contribution in [0.2, 0.25) is 0 Å². The number of carboxylic acids is 1. The molecule has 2 unspecified atom stereocenters. The van der Waals surface area contributed by atoms with Crippen LogP contribution >= 0.6 is 0 Å². The average molecular weight is 238 g/mol. The summed E-state index contributed by atoms with van der Waals surface area (Å²) in [4.78, 5) is 23.2. The first kappa shape index (κ1) is 15.2. The van der Waals surface area contributed by atoms with E-state index >= 15 is 0 Å². The summed E-state index contributed by atoms with van der Waals surface area (Å²) in [6, 6.07) is 0. The van der Waals surface area contributed by atoms with Gasteiger partial charge in [-0.1, -0.05) is 13.0 Å². The Bertz CT molecular complexity index is 340. The molecule has 94 valence electrons. The number of rotatable bonds is 7. The van der Waals surface area contributed by atoms with E-state index in [0.29, 0.717) is 6.42 Å². The maximum Gasteiger partial charge on any atom is 0.325 e. The quantitative estimate of drug-likeness (QED) is 0.319. The van der Waals surface area contributed by atoms with Crippen LogP contribution in [0.3, 0.4) is 0 Å². The average Bonchev–Trinajstić information content (AvgIpc) is 2.27. The molecule has 0 heterocycles. The highest BCUT2D eigenvalue weighted by molar-refractivity contribution is 5.99. The smallest absolute Gasteiger partial charge is 0.325 e. The fourth-order valence-electron chi connectivity index (χ4n) is 1.28. The molecule has 4 heteroatoms. The Balaban J connectivity index is 5.14. The molecule has 0 aromatic carbocycles. The van der Waals surface area contributed by atoms with Crippen LogP contribution in [0, 0.1) is 17.8 Å². The number of allylic oxidation sites excluding steroid dienone is 1. The van der Waals surface area contributed by atoms with Crippen molar-refractivity contribution < 1.29 is 19.4 Å². The lowest BCUT2D eigenvalue weighted by Crippen LogP contribution is -2.41. The summed E-state index contributed by atoms with van der Waals surface area (Å²) in [6.07, 6.45) is 6.54. The molecular weight excluding hydrogens is 220 g/mol. The van der Waals surface area contributed by atoms with E-state index in [2.05, 4.69) is 12.5 Å². The van der Waals surface area contributed by atoms with Crippen molar-refractivity contribution >= 4 is 11.9 Å². The summed E-state index contributed by atoms with van der Waals surface area (Å²) >= 11 is 0. The number of esters is 1. The summed E-state index contributed by atoms with van der Waals surface area (Å²) in [6.45, 7) is 7.00. The zero-order valence-corrected chi connectivity index (χ0v) is 10.2. The van der Waals surface area contributed by atoms with Gasteiger partial charge in [-0.25, -0.2) is 0 Å². The number of carbonyl (C=O) groups is 2. The van der Waals surface area contributed by atoms with Gasteiger partial charge in [0.25, 0.3) is 0 Å². The molecular formula is C13H18O4. The number of carboxylic acid groups (broad SMARTS) is 1. The highest BCUT2D eigenvalue weighted by atomic mass is 16.5. The molecule has 0 aliphatic rings. The van der Waals surface area contributed by atoms with E-state index in [1.807, 2.05) is 6.92 Å². The van der Waals surface area contributed by atoms with Crippen molar-refractivity contribution in [1.82, 2.24) is 0 Å². The zero-order chi connectivity index (χ0) is 13.5. The van der Waals surface area contributed by atoms with Crippen LogP contribution < -0.4 is 0 Å². The van der Waals surface area contributed by atoms with Crippen molar-refractivity contribution in [1.29, 1.82) is 0 Å². The van der Waals surface area contributed by atoms with E-state index in [1.54, 1.807) is 6.92 Å². The third-order valence-corrected chi connectivity index (χ3v) is 2.58. The Morgan fingerprint density at radius 1 is 1.65 bits per heavy atom. The van der Waals surface area contributed by atoms with Crippen molar-refractivity contribution in [2.45, 2.75) is 39.2 Å². The molecule has 0 bridgehead atoms. The number of hydrogen-bond donors (Lipinski definition) is 1. The lowest BCUT2D eigenvalue weighted by atomic mass is 9.81. The fourth-order valence-corrected chi connectivity index (χ4v) is 1.28. The Morgan fingerprint density at radius 2 is 2.24 bits per heavy atom. The number of ether oxygens (including phenoxy) is 1. The molecule has 0 saturated heterocycles. The Morgan fingerprint density at radius 3 is 2.59 bits per heavy atom. The van der Waals surface area contributed by atoms with Gasteiger partial charge in [0.15, 0.2) is 5.41 Å². The lowest BCUT2D eigenvalue weighted by Gasteiger charge is -2.25. The zero-order valence-electron chi connectivity index (χ0n) is 10.2. The summed E-state index contributed by atoms with van der Waals surface area (Å²) in [5.74, 6) is 0.149. The van der Waals surface area contributed by atoms with Crippen molar-refractivity contribution in [3.05, 3.63) is 12.7 Å². The topological polar surface area (TPSA) is 63.6 Å². The van der Waals surface area contributed by atoms with Gasteiger partial charge in [-0.05, 0) is 19.8 Å². The molecule has 0 spiro atoms. The van der Waals surface area contributed by atoms with Crippen LogP contribution in [-0.2, 0) is 14.3 Å². The third-order valence-electron chi connectivity index (χ3n) is 2.58. The van der Waals surface area contributed by atoms with Gasteiger partial charge in [0, 0.05) is 6.42 Å². The van der Waals surface area contributed by atoms with Gasteiger partial charge in [-0.3, -0.25) is 9.59 Å². The van der Waals surface area contributed by atoms with Gasteiger partial charge in [0.1, 0.15) is 0 Å². The van der Waals surface area contributed by atoms with Crippen LogP contribution in [0.15, 0.2) is 12.7 Å².